The molecule has 0 fully saturated rings. The van der Waals surface area contributed by atoms with Crippen molar-refractivity contribution in [3.63, 3.8) is 0 Å². The third-order valence-corrected chi connectivity index (χ3v) is 5.46. The molecule has 0 aliphatic rings. The number of aliphatic hydroxyl groups excluding tert-OH is 2. The maximum absolute atomic E-state index is 9.51. The maximum atomic E-state index is 9.51. The zero-order valence-corrected chi connectivity index (χ0v) is 18.5. The second-order valence-electron chi connectivity index (χ2n) is 7.71. The van der Waals surface area contributed by atoms with Gasteiger partial charge in [-0.1, -0.05) is 23.7 Å². The lowest BCUT2D eigenvalue weighted by Crippen LogP contribution is -2.43. The molecule has 168 valence electrons. The molecule has 0 aliphatic heterocycles. The first-order valence-corrected chi connectivity index (χ1v) is 10.6. The van der Waals surface area contributed by atoms with E-state index in [4.69, 9.17) is 31.0 Å². The van der Waals surface area contributed by atoms with E-state index in [1.807, 2.05) is 26.0 Å². The first-order chi connectivity index (χ1) is 15.4. The lowest BCUT2D eigenvalue weighted by molar-refractivity contribution is 0.105. The van der Waals surface area contributed by atoms with Gasteiger partial charge in [-0.2, -0.15) is 4.98 Å². The third kappa shape index (κ3) is 4.10. The van der Waals surface area contributed by atoms with Crippen LogP contribution >= 0.6 is 11.6 Å². The van der Waals surface area contributed by atoms with Crippen molar-refractivity contribution in [3.8, 4) is 28.6 Å². The van der Waals surface area contributed by atoms with Crippen LogP contribution in [0.3, 0.4) is 0 Å². The molecular formula is C23H24ClN3O5. The lowest BCUT2D eigenvalue weighted by Gasteiger charge is -2.21. The summed E-state index contributed by atoms with van der Waals surface area (Å²) in [6.07, 6.45) is 0.888. The summed E-state index contributed by atoms with van der Waals surface area (Å²) in [6, 6.07) is 10.7. The van der Waals surface area contributed by atoms with Crippen LogP contribution in [0.5, 0.6) is 5.75 Å². The van der Waals surface area contributed by atoms with E-state index in [1.54, 1.807) is 24.3 Å². The molecule has 32 heavy (non-hydrogen) atoms. The monoisotopic (exact) mass is 457 g/mol. The minimum absolute atomic E-state index is 0.291. The largest absolute Gasteiger partial charge is 0.492 e. The summed E-state index contributed by atoms with van der Waals surface area (Å²) in [6.45, 7) is 3.64. The van der Waals surface area contributed by atoms with Gasteiger partial charge in [-0.15, -0.1) is 0 Å². The molecule has 8 nitrogen and oxygen atoms in total. The Hall–Kier alpha value is -2.91. The predicted octanol–water partition coefficient (Wildman–Crippen LogP) is 4.04. The number of fused-ring (bicyclic) bond motifs is 1. The van der Waals surface area contributed by atoms with E-state index >= 15 is 0 Å². The molecule has 0 saturated carbocycles. The fourth-order valence-electron chi connectivity index (χ4n) is 3.33. The number of hydrogen-bond acceptors (Lipinski definition) is 8. The quantitative estimate of drug-likeness (QED) is 0.361. The van der Waals surface area contributed by atoms with Crippen molar-refractivity contribution in [2.45, 2.75) is 25.8 Å². The van der Waals surface area contributed by atoms with Gasteiger partial charge in [0.15, 0.2) is 0 Å². The van der Waals surface area contributed by atoms with Gasteiger partial charge in [0.1, 0.15) is 22.6 Å². The number of nitrogens with two attached hydrogens (primary N) is 1. The number of aliphatic hydroxyl groups is 2. The standard InChI is InChI=1S/C23H24ClN3O5/c1-3-6-30-20-13(2)7-16(9-17(20)24)22-26-21(27-32-22)14-4-5-18-15(8-14)10-19(31-18)23(25,11-28)12-29/h4-5,7-10,28-29H,3,6,11-12,25H2,1-2H3. The zero-order valence-electron chi connectivity index (χ0n) is 17.8. The lowest BCUT2D eigenvalue weighted by atomic mass is 10.00. The van der Waals surface area contributed by atoms with E-state index < -0.39 is 18.8 Å². The molecule has 2 heterocycles. The van der Waals surface area contributed by atoms with Gasteiger partial charge in [0, 0.05) is 16.5 Å². The third-order valence-electron chi connectivity index (χ3n) is 5.18. The minimum atomic E-state index is -1.36. The number of furan rings is 1. The van der Waals surface area contributed by atoms with Crippen LogP contribution in [-0.2, 0) is 5.54 Å². The molecule has 0 saturated heterocycles. The molecule has 4 aromatic rings. The summed E-state index contributed by atoms with van der Waals surface area (Å²) >= 11 is 6.40. The molecule has 0 bridgehead atoms. The Labute approximate surface area is 189 Å². The molecule has 0 atom stereocenters. The first-order valence-electron chi connectivity index (χ1n) is 10.2. The normalized spacial score (nSPS) is 11.9. The van der Waals surface area contributed by atoms with Crippen LogP contribution in [0, 0.1) is 6.92 Å². The number of aryl methyl sites for hydroxylation is 1. The van der Waals surface area contributed by atoms with Gasteiger partial charge in [-0.25, -0.2) is 0 Å². The summed E-state index contributed by atoms with van der Waals surface area (Å²) in [4.78, 5) is 4.51. The Morgan fingerprint density at radius 3 is 2.59 bits per heavy atom. The number of benzene rings is 2. The summed E-state index contributed by atoms with van der Waals surface area (Å²) in [5.74, 6) is 1.67. The zero-order chi connectivity index (χ0) is 22.9. The number of ether oxygens (including phenoxy) is 1. The van der Waals surface area contributed by atoms with Gasteiger partial charge >= 0.3 is 0 Å². The molecule has 2 aromatic heterocycles. The number of hydrogen-bond donors (Lipinski definition) is 3. The second-order valence-corrected chi connectivity index (χ2v) is 8.12. The van der Waals surface area contributed by atoms with E-state index in [-0.39, 0.29) is 0 Å². The number of nitrogens with zero attached hydrogens (tertiary/aromatic N) is 2. The van der Waals surface area contributed by atoms with Crippen LogP contribution in [0.25, 0.3) is 33.8 Å². The van der Waals surface area contributed by atoms with Crippen LogP contribution < -0.4 is 10.5 Å². The smallest absolute Gasteiger partial charge is 0.258 e. The highest BCUT2D eigenvalue weighted by atomic mass is 35.5. The van der Waals surface area contributed by atoms with Crippen molar-refractivity contribution in [1.29, 1.82) is 0 Å². The molecular weight excluding hydrogens is 434 g/mol. The molecule has 0 amide bonds. The van der Waals surface area contributed by atoms with E-state index in [9.17, 15) is 10.2 Å². The summed E-state index contributed by atoms with van der Waals surface area (Å²) in [5, 5.41) is 24.3. The van der Waals surface area contributed by atoms with Gasteiger partial charge in [0.2, 0.25) is 5.82 Å². The first kappa shape index (κ1) is 22.3. The van der Waals surface area contributed by atoms with Crippen LogP contribution in [0.15, 0.2) is 45.3 Å². The van der Waals surface area contributed by atoms with Gasteiger partial charge in [-0.05, 0) is 55.3 Å². The van der Waals surface area contributed by atoms with Crippen molar-refractivity contribution in [2.75, 3.05) is 19.8 Å². The maximum Gasteiger partial charge on any atom is 0.258 e. The van der Waals surface area contributed by atoms with Gasteiger partial charge in [-0.3, -0.25) is 0 Å². The van der Waals surface area contributed by atoms with Crippen LogP contribution in [0.1, 0.15) is 24.7 Å². The highest BCUT2D eigenvalue weighted by Crippen LogP contribution is 2.35. The van der Waals surface area contributed by atoms with Gasteiger partial charge in [0.05, 0.1) is 24.8 Å². The average molecular weight is 458 g/mol. The van der Waals surface area contributed by atoms with Crippen molar-refractivity contribution < 1.29 is 23.9 Å². The minimum Gasteiger partial charge on any atom is -0.492 e. The Morgan fingerprint density at radius 1 is 1.12 bits per heavy atom. The number of halogens is 1. The van der Waals surface area contributed by atoms with Crippen molar-refractivity contribution in [1.82, 2.24) is 10.1 Å². The Bertz CT molecular complexity index is 1220. The Morgan fingerprint density at radius 2 is 1.91 bits per heavy atom. The predicted molar refractivity (Wildman–Crippen MR) is 121 cm³/mol. The van der Waals surface area contributed by atoms with Crippen molar-refractivity contribution in [2.24, 2.45) is 5.73 Å². The number of aromatic nitrogens is 2. The molecule has 0 aliphatic carbocycles. The molecule has 0 spiro atoms. The Balaban J connectivity index is 1.65. The average Bonchev–Trinajstić information content (AvgIpc) is 3.45. The fraction of sp³-hybridized carbons (Fsp3) is 0.304. The highest BCUT2D eigenvalue weighted by molar-refractivity contribution is 6.32. The number of rotatable bonds is 8. The molecule has 4 N–H and O–H groups in total. The summed E-state index contributed by atoms with van der Waals surface area (Å²) < 4.78 is 16.9. The molecule has 9 heteroatoms. The summed E-state index contributed by atoms with van der Waals surface area (Å²) in [5.41, 5.74) is 7.50. The van der Waals surface area contributed by atoms with Crippen molar-refractivity contribution in [3.05, 3.63) is 52.7 Å². The topological polar surface area (TPSA) is 128 Å². The van der Waals surface area contributed by atoms with E-state index in [2.05, 4.69) is 10.1 Å². The SMILES string of the molecule is CCCOc1c(C)cc(-c2nc(-c3ccc4oc(C(N)(CO)CO)cc4c3)no2)cc1Cl. The molecule has 4 rings (SSSR count). The van der Waals surface area contributed by atoms with E-state index in [0.29, 0.717) is 51.6 Å². The van der Waals surface area contributed by atoms with Gasteiger partial charge < -0.3 is 29.6 Å². The van der Waals surface area contributed by atoms with Gasteiger partial charge in [0.25, 0.3) is 5.89 Å². The van der Waals surface area contributed by atoms with Crippen LogP contribution in [0.2, 0.25) is 5.02 Å². The van der Waals surface area contributed by atoms with E-state index in [1.165, 1.54) is 0 Å². The molecule has 0 unspecified atom stereocenters. The van der Waals surface area contributed by atoms with E-state index in [0.717, 1.165) is 17.4 Å². The second kappa shape index (κ2) is 8.91. The highest BCUT2D eigenvalue weighted by Gasteiger charge is 2.30. The molecule has 2 aromatic carbocycles. The fourth-order valence-corrected chi connectivity index (χ4v) is 3.65. The van der Waals surface area contributed by atoms with Crippen LogP contribution in [-0.4, -0.2) is 40.2 Å². The molecule has 0 radical (unpaired) electrons. The summed E-state index contributed by atoms with van der Waals surface area (Å²) in [7, 11) is 0. The van der Waals surface area contributed by atoms with Crippen molar-refractivity contribution >= 4 is 22.6 Å². The Kier molecular flexibility index (Phi) is 6.21. The van der Waals surface area contributed by atoms with Crippen LogP contribution in [0.4, 0.5) is 0 Å².